The van der Waals surface area contributed by atoms with Crippen LogP contribution in [0.1, 0.15) is 37.7 Å². The Bertz CT molecular complexity index is 670. The van der Waals surface area contributed by atoms with Crippen LogP contribution < -0.4 is 10.1 Å². The molecule has 2 aliphatic rings. The van der Waals surface area contributed by atoms with Crippen LogP contribution in [0.15, 0.2) is 34.2 Å². The fourth-order valence-corrected chi connectivity index (χ4v) is 3.69. The summed E-state index contributed by atoms with van der Waals surface area (Å²) in [7, 11) is 0. The standard InChI is InChI=1S/C17H18F2N2O2S/c18-16(19)23-13-9-5-4-6-11(13)10-14-15(22)21-17(24-14)20-12-7-2-1-3-8-12/h4-6,9-10,12,16H,1-3,7-8H2,(H,20,21,22). The van der Waals surface area contributed by atoms with Gasteiger partial charge in [0.15, 0.2) is 5.17 Å². The van der Waals surface area contributed by atoms with Crippen molar-refractivity contribution >= 4 is 28.9 Å². The minimum absolute atomic E-state index is 0.0473. The van der Waals surface area contributed by atoms with Crippen molar-refractivity contribution in [1.29, 1.82) is 0 Å². The molecule has 0 atom stereocenters. The van der Waals surface area contributed by atoms with Gasteiger partial charge < -0.3 is 10.1 Å². The van der Waals surface area contributed by atoms with Crippen molar-refractivity contribution < 1.29 is 18.3 Å². The van der Waals surface area contributed by atoms with E-state index in [1.54, 1.807) is 24.3 Å². The van der Waals surface area contributed by atoms with Gasteiger partial charge in [-0.3, -0.25) is 9.79 Å². The van der Waals surface area contributed by atoms with E-state index in [9.17, 15) is 13.6 Å². The fourth-order valence-electron chi connectivity index (χ4n) is 2.81. The molecule has 0 aromatic heterocycles. The summed E-state index contributed by atoms with van der Waals surface area (Å²) in [5.41, 5.74) is 0.439. The minimum atomic E-state index is -2.90. The van der Waals surface area contributed by atoms with E-state index < -0.39 is 6.61 Å². The summed E-state index contributed by atoms with van der Waals surface area (Å²) in [5, 5.41) is 3.34. The number of benzene rings is 1. The van der Waals surface area contributed by atoms with Crippen LogP contribution in [-0.2, 0) is 4.79 Å². The minimum Gasteiger partial charge on any atom is -0.434 e. The molecule has 2 fully saturated rings. The number of carbonyl (C=O) groups is 1. The molecule has 1 N–H and O–H groups in total. The quantitative estimate of drug-likeness (QED) is 0.827. The van der Waals surface area contributed by atoms with Crippen molar-refractivity contribution in [2.24, 2.45) is 4.99 Å². The van der Waals surface area contributed by atoms with Gasteiger partial charge in [-0.2, -0.15) is 8.78 Å². The van der Waals surface area contributed by atoms with Crippen LogP contribution in [0.25, 0.3) is 6.08 Å². The van der Waals surface area contributed by atoms with Crippen molar-refractivity contribution in [2.75, 3.05) is 0 Å². The lowest BCUT2D eigenvalue weighted by atomic mass is 9.96. The molecule has 0 unspecified atom stereocenters. The monoisotopic (exact) mass is 352 g/mol. The number of rotatable bonds is 4. The van der Waals surface area contributed by atoms with Crippen LogP contribution in [0.4, 0.5) is 8.78 Å². The molecule has 0 radical (unpaired) electrons. The van der Waals surface area contributed by atoms with Crippen LogP contribution in [0.5, 0.6) is 5.75 Å². The zero-order chi connectivity index (χ0) is 16.9. The largest absolute Gasteiger partial charge is 0.434 e. The zero-order valence-corrected chi connectivity index (χ0v) is 13.8. The number of amidine groups is 1. The highest BCUT2D eigenvalue weighted by Crippen LogP contribution is 2.31. The van der Waals surface area contributed by atoms with Gasteiger partial charge in [-0.05, 0) is 36.7 Å². The van der Waals surface area contributed by atoms with E-state index >= 15 is 0 Å². The first-order chi connectivity index (χ1) is 11.6. The van der Waals surface area contributed by atoms with Crippen molar-refractivity contribution in [1.82, 2.24) is 5.32 Å². The molecule has 1 aromatic rings. The van der Waals surface area contributed by atoms with Crippen LogP contribution in [0.3, 0.4) is 0 Å². The van der Waals surface area contributed by atoms with Gasteiger partial charge in [0, 0.05) is 5.56 Å². The summed E-state index contributed by atoms with van der Waals surface area (Å²) < 4.78 is 29.4. The Morgan fingerprint density at radius 2 is 2.00 bits per heavy atom. The molecule has 1 amide bonds. The van der Waals surface area contributed by atoms with Crippen molar-refractivity contribution in [2.45, 2.75) is 44.8 Å². The highest BCUT2D eigenvalue weighted by Gasteiger charge is 2.25. The van der Waals surface area contributed by atoms with Crippen LogP contribution in [0, 0.1) is 0 Å². The summed E-state index contributed by atoms with van der Waals surface area (Å²) in [6, 6.07) is 6.66. The Kier molecular flexibility index (Phi) is 5.50. The van der Waals surface area contributed by atoms with Crippen LogP contribution >= 0.6 is 11.8 Å². The lowest BCUT2D eigenvalue weighted by Crippen LogP contribution is -2.22. The molecule has 1 aliphatic heterocycles. The smallest absolute Gasteiger partial charge is 0.387 e. The van der Waals surface area contributed by atoms with E-state index in [1.165, 1.54) is 37.1 Å². The van der Waals surface area contributed by atoms with Crippen molar-refractivity contribution in [3.05, 3.63) is 34.7 Å². The van der Waals surface area contributed by atoms with Gasteiger partial charge in [0.2, 0.25) is 0 Å². The van der Waals surface area contributed by atoms with Gasteiger partial charge in [0.1, 0.15) is 5.75 Å². The molecule has 1 saturated heterocycles. The number of carbonyl (C=O) groups excluding carboxylic acids is 1. The van der Waals surface area contributed by atoms with E-state index in [-0.39, 0.29) is 17.7 Å². The zero-order valence-electron chi connectivity index (χ0n) is 13.0. The van der Waals surface area contributed by atoms with E-state index in [0.717, 1.165) is 12.8 Å². The first-order valence-corrected chi connectivity index (χ1v) is 8.76. The molecule has 4 nitrogen and oxygen atoms in total. The number of hydrogen-bond donors (Lipinski definition) is 1. The summed E-state index contributed by atoms with van der Waals surface area (Å²) in [6.07, 6.45) is 7.23. The van der Waals surface area contributed by atoms with Gasteiger partial charge in [-0.15, -0.1) is 0 Å². The molecule has 1 aliphatic carbocycles. The molecule has 0 spiro atoms. The topological polar surface area (TPSA) is 50.7 Å². The Morgan fingerprint density at radius 3 is 2.75 bits per heavy atom. The number of ether oxygens (including phenoxy) is 1. The first-order valence-electron chi connectivity index (χ1n) is 7.94. The summed E-state index contributed by atoms with van der Waals surface area (Å²) in [4.78, 5) is 17.1. The van der Waals surface area contributed by atoms with E-state index in [1.807, 2.05) is 0 Å². The predicted octanol–water partition coefficient (Wildman–Crippen LogP) is 4.18. The van der Waals surface area contributed by atoms with Gasteiger partial charge in [-0.25, -0.2) is 0 Å². The summed E-state index contributed by atoms with van der Waals surface area (Å²) in [5.74, 6) is -0.215. The third-order valence-electron chi connectivity index (χ3n) is 3.95. The Hall–Kier alpha value is -1.89. The number of hydrogen-bond acceptors (Lipinski definition) is 4. The number of halogens is 2. The highest BCUT2D eigenvalue weighted by atomic mass is 32.2. The Morgan fingerprint density at radius 1 is 1.25 bits per heavy atom. The Balaban J connectivity index is 1.76. The van der Waals surface area contributed by atoms with E-state index in [2.05, 4.69) is 15.0 Å². The second-order valence-electron chi connectivity index (χ2n) is 5.71. The maximum atomic E-state index is 12.5. The summed E-state index contributed by atoms with van der Waals surface area (Å²) >= 11 is 1.24. The van der Waals surface area contributed by atoms with Crippen LogP contribution in [0.2, 0.25) is 0 Å². The first kappa shape index (κ1) is 17.0. The number of para-hydroxylation sites is 1. The number of amides is 1. The molecule has 1 saturated carbocycles. The molecular formula is C17H18F2N2O2S. The molecule has 128 valence electrons. The molecule has 3 rings (SSSR count). The predicted molar refractivity (Wildman–Crippen MR) is 91.1 cm³/mol. The average molecular weight is 352 g/mol. The van der Waals surface area contributed by atoms with Gasteiger partial charge in [0.05, 0.1) is 10.9 Å². The van der Waals surface area contributed by atoms with Crippen LogP contribution in [-0.4, -0.2) is 23.7 Å². The third-order valence-corrected chi connectivity index (χ3v) is 4.87. The number of alkyl halides is 2. The molecule has 1 aromatic carbocycles. The number of nitrogens with zero attached hydrogens (tertiary/aromatic N) is 1. The molecule has 1 heterocycles. The number of nitrogens with one attached hydrogen (secondary N) is 1. The average Bonchev–Trinajstić information content (AvgIpc) is 2.89. The maximum Gasteiger partial charge on any atom is 0.387 e. The van der Waals surface area contributed by atoms with E-state index in [0.29, 0.717) is 15.6 Å². The summed E-state index contributed by atoms with van der Waals surface area (Å²) in [6.45, 7) is -2.90. The number of aliphatic imine (C=N–C) groups is 1. The van der Waals surface area contributed by atoms with Gasteiger partial charge >= 0.3 is 6.61 Å². The van der Waals surface area contributed by atoms with Gasteiger partial charge in [0.25, 0.3) is 5.91 Å². The second-order valence-corrected chi connectivity index (χ2v) is 6.74. The molecular weight excluding hydrogens is 334 g/mol. The van der Waals surface area contributed by atoms with Crippen molar-refractivity contribution in [3.63, 3.8) is 0 Å². The SMILES string of the molecule is O=C1NC(=NC2CCCCC2)SC1=Cc1ccccc1OC(F)F. The van der Waals surface area contributed by atoms with Gasteiger partial charge in [-0.1, -0.05) is 37.5 Å². The van der Waals surface area contributed by atoms with E-state index in [4.69, 9.17) is 0 Å². The number of thioether (sulfide) groups is 1. The maximum absolute atomic E-state index is 12.5. The molecule has 24 heavy (non-hydrogen) atoms. The molecule has 0 bridgehead atoms. The highest BCUT2D eigenvalue weighted by molar-refractivity contribution is 8.18. The normalized spacial score (nSPS) is 22.4. The molecule has 7 heteroatoms. The second kappa shape index (κ2) is 7.79. The third kappa shape index (κ3) is 4.35. The fraction of sp³-hybridized carbons (Fsp3) is 0.412. The lowest BCUT2D eigenvalue weighted by molar-refractivity contribution is -0.115. The lowest BCUT2D eigenvalue weighted by Gasteiger charge is -2.17. The Labute approximate surface area is 143 Å². The van der Waals surface area contributed by atoms with Crippen molar-refractivity contribution in [3.8, 4) is 5.75 Å².